The van der Waals surface area contributed by atoms with Gasteiger partial charge in [-0.2, -0.15) is 8.42 Å². The highest BCUT2D eigenvalue weighted by Gasteiger charge is 2.20. The van der Waals surface area contributed by atoms with E-state index in [1.54, 1.807) is 31.2 Å². The van der Waals surface area contributed by atoms with E-state index in [9.17, 15) is 8.42 Å². The third-order valence-corrected chi connectivity index (χ3v) is 4.59. The highest BCUT2D eigenvalue weighted by atomic mass is 32.2. The normalized spacial score (nSPS) is 21.1. The molecular weight excluding hydrogens is 292 g/mol. The lowest BCUT2D eigenvalue weighted by Gasteiger charge is -2.25. The van der Waals surface area contributed by atoms with E-state index in [0.717, 1.165) is 24.8 Å². The van der Waals surface area contributed by atoms with E-state index in [-0.39, 0.29) is 23.9 Å². The van der Waals surface area contributed by atoms with Crippen LogP contribution in [0.15, 0.2) is 29.2 Å². The predicted molar refractivity (Wildman–Crippen MR) is 78.5 cm³/mol. The summed E-state index contributed by atoms with van der Waals surface area (Å²) in [6, 6.07) is 6.57. The Hall–Kier alpha value is -0.950. The van der Waals surface area contributed by atoms with Crippen LogP contribution in [0.4, 0.5) is 0 Å². The van der Waals surface area contributed by atoms with Crippen LogP contribution in [0.25, 0.3) is 0 Å². The highest BCUT2D eigenvalue weighted by Crippen LogP contribution is 2.17. The minimum atomic E-state index is -3.73. The molecule has 1 aromatic carbocycles. The van der Waals surface area contributed by atoms with Gasteiger partial charge in [-0.25, -0.2) is 0 Å². The molecule has 1 heterocycles. The van der Waals surface area contributed by atoms with Gasteiger partial charge in [0.15, 0.2) is 6.29 Å². The van der Waals surface area contributed by atoms with Crippen LogP contribution in [-0.4, -0.2) is 34.0 Å². The van der Waals surface area contributed by atoms with Gasteiger partial charge in [-0.05, 0) is 45.2 Å². The summed E-state index contributed by atoms with van der Waals surface area (Å²) >= 11 is 0. The molecule has 118 valence electrons. The molecule has 1 aliphatic rings. The van der Waals surface area contributed by atoms with Crippen LogP contribution in [-0.2, 0) is 23.8 Å². The lowest BCUT2D eigenvalue weighted by atomic mass is 10.2. The molecular formula is C15H22O5S. The van der Waals surface area contributed by atoms with Gasteiger partial charge in [0.05, 0.1) is 17.6 Å². The van der Waals surface area contributed by atoms with Gasteiger partial charge in [0.25, 0.3) is 10.1 Å². The molecule has 21 heavy (non-hydrogen) atoms. The first-order valence-electron chi connectivity index (χ1n) is 7.20. The van der Waals surface area contributed by atoms with Crippen molar-refractivity contribution >= 4 is 10.1 Å². The van der Waals surface area contributed by atoms with Crippen molar-refractivity contribution in [3.8, 4) is 0 Å². The van der Waals surface area contributed by atoms with Crippen molar-refractivity contribution in [2.75, 3.05) is 13.2 Å². The molecule has 1 aliphatic heterocycles. The average Bonchev–Trinajstić information content (AvgIpc) is 2.47. The molecule has 0 spiro atoms. The summed E-state index contributed by atoms with van der Waals surface area (Å²) in [6.07, 6.45) is 2.37. The third kappa shape index (κ3) is 5.07. The van der Waals surface area contributed by atoms with Gasteiger partial charge in [-0.15, -0.1) is 0 Å². The summed E-state index contributed by atoms with van der Waals surface area (Å²) in [5, 5.41) is 0. The lowest BCUT2D eigenvalue weighted by Crippen LogP contribution is -2.29. The number of ether oxygens (including phenoxy) is 2. The number of benzene rings is 1. The smallest absolute Gasteiger partial charge is 0.297 e. The first-order chi connectivity index (χ1) is 9.97. The van der Waals surface area contributed by atoms with Crippen molar-refractivity contribution in [2.45, 2.75) is 50.4 Å². The molecule has 5 nitrogen and oxygen atoms in total. The molecule has 1 saturated heterocycles. The summed E-state index contributed by atoms with van der Waals surface area (Å²) in [6.45, 7) is 4.36. The molecule has 0 N–H and O–H groups in total. The largest absolute Gasteiger partial charge is 0.353 e. The quantitative estimate of drug-likeness (QED) is 0.755. The zero-order valence-electron chi connectivity index (χ0n) is 12.4. The Morgan fingerprint density at radius 1 is 1.29 bits per heavy atom. The van der Waals surface area contributed by atoms with E-state index < -0.39 is 10.1 Å². The van der Waals surface area contributed by atoms with Crippen molar-refractivity contribution in [2.24, 2.45) is 0 Å². The minimum absolute atomic E-state index is 0.0178. The van der Waals surface area contributed by atoms with Gasteiger partial charge >= 0.3 is 0 Å². The van der Waals surface area contributed by atoms with Crippen LogP contribution in [0.5, 0.6) is 0 Å². The molecule has 0 aliphatic carbocycles. The molecule has 0 aromatic heterocycles. The second-order valence-corrected chi connectivity index (χ2v) is 6.91. The van der Waals surface area contributed by atoms with Crippen LogP contribution in [0, 0.1) is 6.92 Å². The maximum atomic E-state index is 12.0. The van der Waals surface area contributed by atoms with Crippen LogP contribution in [0.3, 0.4) is 0 Å². The van der Waals surface area contributed by atoms with Crippen LogP contribution < -0.4 is 0 Å². The van der Waals surface area contributed by atoms with Gasteiger partial charge < -0.3 is 9.47 Å². The minimum Gasteiger partial charge on any atom is -0.353 e. The average molecular weight is 314 g/mol. The van der Waals surface area contributed by atoms with E-state index >= 15 is 0 Å². The Bertz CT molecular complexity index is 532. The fraction of sp³-hybridized carbons (Fsp3) is 0.600. The summed E-state index contributed by atoms with van der Waals surface area (Å²) in [5.41, 5.74) is 1.00. The Kier molecular flexibility index (Phi) is 5.75. The molecule has 1 aromatic rings. The molecule has 1 fully saturated rings. The van der Waals surface area contributed by atoms with Crippen molar-refractivity contribution in [3.05, 3.63) is 29.8 Å². The third-order valence-electron chi connectivity index (χ3n) is 3.29. The molecule has 0 amide bonds. The SMILES string of the molecule is Cc1ccc(S(=O)(=O)OCC(C)O[C@H]2CCCCO2)cc1. The van der Waals surface area contributed by atoms with Crippen molar-refractivity contribution in [1.29, 1.82) is 0 Å². The second kappa shape index (κ2) is 7.35. The van der Waals surface area contributed by atoms with Crippen molar-refractivity contribution < 1.29 is 22.1 Å². The highest BCUT2D eigenvalue weighted by molar-refractivity contribution is 7.86. The first kappa shape index (κ1) is 16.4. The van der Waals surface area contributed by atoms with E-state index in [4.69, 9.17) is 13.7 Å². The van der Waals surface area contributed by atoms with Gasteiger partial charge in [-0.3, -0.25) is 4.18 Å². The van der Waals surface area contributed by atoms with Gasteiger partial charge in [0, 0.05) is 6.61 Å². The molecule has 2 rings (SSSR count). The van der Waals surface area contributed by atoms with Crippen molar-refractivity contribution in [1.82, 2.24) is 0 Å². The van der Waals surface area contributed by atoms with E-state index in [0.29, 0.717) is 6.61 Å². The van der Waals surface area contributed by atoms with Gasteiger partial charge in [0.2, 0.25) is 0 Å². The molecule has 2 atom stereocenters. The van der Waals surface area contributed by atoms with E-state index in [1.165, 1.54) is 0 Å². The zero-order chi connectivity index (χ0) is 15.3. The van der Waals surface area contributed by atoms with Gasteiger partial charge in [-0.1, -0.05) is 17.7 Å². The molecule has 0 radical (unpaired) electrons. The maximum Gasteiger partial charge on any atom is 0.297 e. The standard InChI is InChI=1S/C15H22O5S/c1-12-6-8-14(9-7-12)21(16,17)19-11-13(2)20-15-5-3-4-10-18-15/h6-9,13,15H,3-5,10-11H2,1-2H3/t13?,15-/m0/s1. The Labute approximate surface area is 126 Å². The van der Waals surface area contributed by atoms with Crippen LogP contribution in [0.1, 0.15) is 31.7 Å². The van der Waals surface area contributed by atoms with Gasteiger partial charge in [0.1, 0.15) is 0 Å². The predicted octanol–water partition coefficient (Wildman–Crippen LogP) is 2.63. The zero-order valence-corrected chi connectivity index (χ0v) is 13.3. The molecule has 0 bridgehead atoms. The van der Waals surface area contributed by atoms with Crippen LogP contribution >= 0.6 is 0 Å². The second-order valence-electron chi connectivity index (χ2n) is 5.29. The van der Waals surface area contributed by atoms with E-state index in [1.807, 2.05) is 6.92 Å². The van der Waals surface area contributed by atoms with Crippen LogP contribution in [0.2, 0.25) is 0 Å². The summed E-state index contributed by atoms with van der Waals surface area (Å²) in [5.74, 6) is 0. The maximum absolute atomic E-state index is 12.0. The summed E-state index contributed by atoms with van der Waals surface area (Å²) in [4.78, 5) is 0.161. The molecule has 6 heteroatoms. The number of hydrogen-bond acceptors (Lipinski definition) is 5. The fourth-order valence-electron chi connectivity index (χ4n) is 2.08. The monoisotopic (exact) mass is 314 g/mol. The molecule has 1 unspecified atom stereocenters. The molecule has 0 saturated carbocycles. The topological polar surface area (TPSA) is 61.8 Å². The number of hydrogen-bond donors (Lipinski definition) is 0. The summed E-state index contributed by atoms with van der Waals surface area (Å²) in [7, 11) is -3.73. The lowest BCUT2D eigenvalue weighted by molar-refractivity contribution is -0.188. The number of rotatable bonds is 6. The summed E-state index contributed by atoms with van der Waals surface area (Å²) < 4.78 is 40.2. The van der Waals surface area contributed by atoms with Crippen molar-refractivity contribution in [3.63, 3.8) is 0 Å². The first-order valence-corrected chi connectivity index (χ1v) is 8.61. The fourth-order valence-corrected chi connectivity index (χ4v) is 3.05. The Morgan fingerprint density at radius 2 is 2.00 bits per heavy atom. The Balaban J connectivity index is 1.84. The van der Waals surface area contributed by atoms with E-state index in [2.05, 4.69) is 0 Å². The number of aryl methyl sites for hydroxylation is 1. The Morgan fingerprint density at radius 3 is 2.62 bits per heavy atom.